The Labute approximate surface area is 197 Å². The van der Waals surface area contributed by atoms with Crippen molar-refractivity contribution >= 4 is 11.6 Å². The van der Waals surface area contributed by atoms with Crippen LogP contribution in [0.2, 0.25) is 0 Å². The van der Waals surface area contributed by atoms with Gasteiger partial charge in [-0.15, -0.1) is 0 Å². The van der Waals surface area contributed by atoms with Crippen LogP contribution in [0.15, 0.2) is 36.4 Å². The highest BCUT2D eigenvalue weighted by atomic mass is 16.5. The molecule has 4 rings (SSSR count). The largest absolute Gasteiger partial charge is 0.493 e. The number of carbonyl (C=O) groups is 1. The molecule has 1 atom stereocenters. The van der Waals surface area contributed by atoms with Gasteiger partial charge in [0.05, 0.1) is 20.6 Å². The second-order valence-electron chi connectivity index (χ2n) is 9.25. The van der Waals surface area contributed by atoms with Crippen LogP contribution >= 0.6 is 0 Å². The van der Waals surface area contributed by atoms with E-state index in [4.69, 9.17) is 9.47 Å². The van der Waals surface area contributed by atoms with Gasteiger partial charge in [-0.1, -0.05) is 12.1 Å². The molecule has 6 heteroatoms. The van der Waals surface area contributed by atoms with E-state index in [9.17, 15) is 4.79 Å². The van der Waals surface area contributed by atoms with Gasteiger partial charge < -0.3 is 24.6 Å². The van der Waals surface area contributed by atoms with E-state index >= 15 is 0 Å². The van der Waals surface area contributed by atoms with E-state index in [0.29, 0.717) is 12.3 Å². The molecule has 0 saturated carbocycles. The van der Waals surface area contributed by atoms with Gasteiger partial charge in [0.2, 0.25) is 5.91 Å². The number of anilines is 1. The van der Waals surface area contributed by atoms with Crippen molar-refractivity contribution < 1.29 is 14.3 Å². The number of likely N-dealkylation sites (tertiary alicyclic amines) is 1. The Morgan fingerprint density at radius 2 is 1.88 bits per heavy atom. The second kappa shape index (κ2) is 10.9. The highest BCUT2D eigenvalue weighted by Crippen LogP contribution is 2.28. The molecule has 0 aliphatic carbocycles. The van der Waals surface area contributed by atoms with Gasteiger partial charge in [0.1, 0.15) is 0 Å². The SMILES string of the molecule is CNc1ccc2c(c1)CCN(CC1CCCN(CCc3ccc(OC)c(OC)c3)C1)C(=O)C2. The molecule has 2 heterocycles. The molecule has 1 saturated heterocycles. The lowest BCUT2D eigenvalue weighted by molar-refractivity contribution is -0.131. The number of ether oxygens (including phenoxy) is 2. The Morgan fingerprint density at radius 1 is 1.03 bits per heavy atom. The molecule has 2 aliphatic rings. The average molecular weight is 452 g/mol. The fraction of sp³-hybridized carbons (Fsp3) is 0.519. The molecule has 1 N–H and O–H groups in total. The minimum Gasteiger partial charge on any atom is -0.493 e. The smallest absolute Gasteiger partial charge is 0.227 e. The van der Waals surface area contributed by atoms with Crippen LogP contribution in [0.1, 0.15) is 29.5 Å². The minimum absolute atomic E-state index is 0.272. The number of methoxy groups -OCH3 is 2. The molecule has 1 unspecified atom stereocenters. The first-order valence-corrected chi connectivity index (χ1v) is 12.1. The Morgan fingerprint density at radius 3 is 2.67 bits per heavy atom. The summed E-state index contributed by atoms with van der Waals surface area (Å²) in [5, 5.41) is 3.21. The van der Waals surface area contributed by atoms with Crippen LogP contribution in [0.25, 0.3) is 0 Å². The van der Waals surface area contributed by atoms with Gasteiger partial charge in [-0.05, 0) is 79.1 Å². The first-order valence-electron chi connectivity index (χ1n) is 12.1. The van der Waals surface area contributed by atoms with Gasteiger partial charge in [0, 0.05) is 38.9 Å². The molecule has 178 valence electrons. The molecule has 33 heavy (non-hydrogen) atoms. The quantitative estimate of drug-likeness (QED) is 0.664. The molecular weight excluding hydrogens is 414 g/mol. The summed E-state index contributed by atoms with van der Waals surface area (Å²) < 4.78 is 10.8. The van der Waals surface area contributed by atoms with E-state index in [2.05, 4.69) is 45.4 Å². The maximum absolute atomic E-state index is 13.0. The van der Waals surface area contributed by atoms with Crippen molar-refractivity contribution in [3.8, 4) is 11.5 Å². The first kappa shape index (κ1) is 23.4. The van der Waals surface area contributed by atoms with Crippen molar-refractivity contribution in [3.63, 3.8) is 0 Å². The standard InChI is InChI=1S/C27H37N3O3/c1-28-24-8-7-22-17-27(31)30(14-11-23(22)16-24)19-21-5-4-12-29(18-21)13-10-20-6-9-25(32-2)26(15-20)33-3/h6-9,15-16,21,28H,4-5,10-14,17-19H2,1-3H3. The van der Waals surface area contributed by atoms with Gasteiger partial charge in [-0.25, -0.2) is 0 Å². The third-order valence-corrected chi connectivity index (χ3v) is 7.09. The first-order chi connectivity index (χ1) is 16.1. The van der Waals surface area contributed by atoms with Crippen LogP contribution in [0.3, 0.4) is 0 Å². The van der Waals surface area contributed by atoms with Crippen LogP contribution in [0.5, 0.6) is 11.5 Å². The van der Waals surface area contributed by atoms with Crippen molar-refractivity contribution in [1.29, 1.82) is 0 Å². The van der Waals surface area contributed by atoms with E-state index in [0.717, 1.165) is 62.8 Å². The van der Waals surface area contributed by atoms with E-state index in [1.165, 1.54) is 29.5 Å². The molecule has 1 fully saturated rings. The van der Waals surface area contributed by atoms with Crippen molar-refractivity contribution in [1.82, 2.24) is 9.80 Å². The zero-order valence-electron chi connectivity index (χ0n) is 20.2. The Hall–Kier alpha value is -2.73. The lowest BCUT2D eigenvalue weighted by Gasteiger charge is -2.35. The Balaban J connectivity index is 1.31. The molecule has 0 spiro atoms. The van der Waals surface area contributed by atoms with Crippen LogP contribution in [0, 0.1) is 5.92 Å². The van der Waals surface area contributed by atoms with E-state index in [1.54, 1.807) is 14.2 Å². The Kier molecular flexibility index (Phi) is 7.76. The predicted octanol–water partition coefficient (Wildman–Crippen LogP) is 3.63. The van der Waals surface area contributed by atoms with Gasteiger partial charge in [-0.3, -0.25) is 4.79 Å². The fourth-order valence-corrected chi connectivity index (χ4v) is 5.17. The number of nitrogens with zero attached hydrogens (tertiary/aromatic N) is 2. The number of rotatable bonds is 8. The lowest BCUT2D eigenvalue weighted by Crippen LogP contribution is -2.44. The number of hydrogen-bond donors (Lipinski definition) is 1. The van der Waals surface area contributed by atoms with Gasteiger partial charge >= 0.3 is 0 Å². The summed E-state index contributed by atoms with van der Waals surface area (Å²) in [6.07, 6.45) is 4.85. The van der Waals surface area contributed by atoms with Gasteiger partial charge in [0.25, 0.3) is 0 Å². The third kappa shape index (κ3) is 5.80. The molecule has 1 amide bonds. The molecule has 2 aromatic carbocycles. The molecule has 2 aromatic rings. The number of piperidine rings is 1. The maximum Gasteiger partial charge on any atom is 0.227 e. The van der Waals surface area contributed by atoms with Crippen LogP contribution < -0.4 is 14.8 Å². The number of nitrogens with one attached hydrogen (secondary N) is 1. The molecule has 0 aromatic heterocycles. The third-order valence-electron chi connectivity index (χ3n) is 7.09. The summed E-state index contributed by atoms with van der Waals surface area (Å²) in [6.45, 7) is 4.92. The number of hydrogen-bond acceptors (Lipinski definition) is 5. The predicted molar refractivity (Wildman–Crippen MR) is 132 cm³/mol. The zero-order chi connectivity index (χ0) is 23.2. The van der Waals surface area contributed by atoms with Gasteiger partial charge in [-0.2, -0.15) is 0 Å². The maximum atomic E-state index is 13.0. The molecule has 2 aliphatic heterocycles. The molecular formula is C27H37N3O3. The zero-order valence-corrected chi connectivity index (χ0v) is 20.2. The van der Waals surface area contributed by atoms with E-state index in [1.807, 2.05) is 13.1 Å². The number of benzene rings is 2. The van der Waals surface area contributed by atoms with E-state index in [-0.39, 0.29) is 5.91 Å². The van der Waals surface area contributed by atoms with Crippen molar-refractivity contribution in [2.75, 3.05) is 59.3 Å². The summed E-state index contributed by atoms with van der Waals surface area (Å²) in [5.74, 6) is 2.37. The summed E-state index contributed by atoms with van der Waals surface area (Å²) in [6, 6.07) is 12.6. The van der Waals surface area contributed by atoms with Crippen molar-refractivity contribution in [2.24, 2.45) is 5.92 Å². The second-order valence-corrected chi connectivity index (χ2v) is 9.25. The number of amides is 1. The van der Waals surface area contributed by atoms with Crippen LogP contribution in [0.4, 0.5) is 5.69 Å². The number of carbonyl (C=O) groups excluding carboxylic acids is 1. The van der Waals surface area contributed by atoms with E-state index < -0.39 is 0 Å². The lowest BCUT2D eigenvalue weighted by atomic mass is 9.96. The number of fused-ring (bicyclic) bond motifs is 1. The highest BCUT2D eigenvalue weighted by molar-refractivity contribution is 5.80. The molecule has 0 bridgehead atoms. The monoisotopic (exact) mass is 451 g/mol. The topological polar surface area (TPSA) is 54.0 Å². The van der Waals surface area contributed by atoms with Crippen molar-refractivity contribution in [2.45, 2.75) is 32.1 Å². The van der Waals surface area contributed by atoms with Crippen molar-refractivity contribution in [3.05, 3.63) is 53.1 Å². The molecule has 6 nitrogen and oxygen atoms in total. The summed E-state index contributed by atoms with van der Waals surface area (Å²) in [7, 11) is 5.29. The Bertz CT molecular complexity index is 962. The van der Waals surface area contributed by atoms with Crippen LogP contribution in [-0.4, -0.2) is 69.7 Å². The normalized spacial score (nSPS) is 19.1. The van der Waals surface area contributed by atoms with Crippen LogP contribution in [-0.2, 0) is 24.1 Å². The average Bonchev–Trinajstić information content (AvgIpc) is 3.00. The summed E-state index contributed by atoms with van der Waals surface area (Å²) >= 11 is 0. The summed E-state index contributed by atoms with van der Waals surface area (Å²) in [4.78, 5) is 17.7. The molecule has 0 radical (unpaired) electrons. The van der Waals surface area contributed by atoms with Gasteiger partial charge in [0.15, 0.2) is 11.5 Å². The highest BCUT2D eigenvalue weighted by Gasteiger charge is 2.26. The fourth-order valence-electron chi connectivity index (χ4n) is 5.17. The summed E-state index contributed by atoms with van der Waals surface area (Å²) in [5.41, 5.74) is 4.86. The minimum atomic E-state index is 0.272.